The van der Waals surface area contributed by atoms with Gasteiger partial charge in [-0.05, 0) is 68.4 Å². The highest BCUT2D eigenvalue weighted by Crippen LogP contribution is 2.20. The van der Waals surface area contributed by atoms with Gasteiger partial charge in [0.25, 0.3) is 0 Å². The molecule has 2 amide bonds. The van der Waals surface area contributed by atoms with Crippen LogP contribution in [-0.4, -0.2) is 31.2 Å². The number of aryl methyl sites for hydroxylation is 2. The van der Waals surface area contributed by atoms with Crippen LogP contribution in [0.1, 0.15) is 11.4 Å². The second-order valence-corrected chi connectivity index (χ2v) is 7.21. The fourth-order valence-electron chi connectivity index (χ4n) is 2.87. The van der Waals surface area contributed by atoms with Crippen molar-refractivity contribution in [2.45, 2.75) is 13.8 Å². The van der Waals surface area contributed by atoms with E-state index in [-0.39, 0.29) is 6.03 Å². The molecule has 0 radical (unpaired) electrons. The normalized spacial score (nSPS) is 10.5. The first-order chi connectivity index (χ1) is 14.9. The number of rotatable bonds is 5. The van der Waals surface area contributed by atoms with Crippen molar-refractivity contribution < 1.29 is 4.79 Å². The smallest absolute Gasteiger partial charge is 0.308 e. The number of benzene rings is 2. The Morgan fingerprint density at radius 1 is 0.839 bits per heavy atom. The van der Waals surface area contributed by atoms with E-state index in [0.29, 0.717) is 34.1 Å². The summed E-state index contributed by atoms with van der Waals surface area (Å²) in [7, 11) is 0. The lowest BCUT2D eigenvalue weighted by Gasteiger charge is -2.08. The van der Waals surface area contributed by atoms with Gasteiger partial charge >= 0.3 is 6.03 Å². The number of hydrogen-bond donors (Lipinski definition) is 4. The summed E-state index contributed by atoms with van der Waals surface area (Å²) in [5.74, 6) is 1.38. The maximum atomic E-state index is 12.1. The van der Waals surface area contributed by atoms with Crippen molar-refractivity contribution >= 4 is 40.9 Å². The Bertz CT molecular complexity index is 1180. The molecule has 10 heteroatoms. The molecule has 31 heavy (non-hydrogen) atoms. The monoisotopic (exact) mass is 434 g/mol. The van der Waals surface area contributed by atoms with E-state index < -0.39 is 0 Å². The highest BCUT2D eigenvalue weighted by Gasteiger charge is 2.09. The van der Waals surface area contributed by atoms with Gasteiger partial charge in [-0.25, -0.2) is 14.8 Å². The minimum absolute atomic E-state index is 0.352. The summed E-state index contributed by atoms with van der Waals surface area (Å²) in [6.45, 7) is 3.79. The van der Waals surface area contributed by atoms with E-state index in [9.17, 15) is 4.79 Å². The van der Waals surface area contributed by atoms with Crippen molar-refractivity contribution in [1.82, 2.24) is 25.1 Å². The maximum absolute atomic E-state index is 12.1. The SMILES string of the molecule is Cc1cc(C)nc(Nc2n[nH]c(-c3ccc(NC(=O)Nc4ccc(Cl)cc4)cc3)n2)n1. The molecule has 9 nitrogen and oxygen atoms in total. The van der Waals surface area contributed by atoms with Crippen molar-refractivity contribution in [3.8, 4) is 11.4 Å². The fourth-order valence-corrected chi connectivity index (χ4v) is 2.99. The third kappa shape index (κ3) is 5.34. The zero-order valence-corrected chi connectivity index (χ0v) is 17.5. The van der Waals surface area contributed by atoms with E-state index in [1.807, 2.05) is 32.0 Å². The van der Waals surface area contributed by atoms with Crippen molar-refractivity contribution in [3.05, 3.63) is 71.0 Å². The number of aromatic amines is 1. The van der Waals surface area contributed by atoms with Crippen LogP contribution >= 0.6 is 11.6 Å². The van der Waals surface area contributed by atoms with Crippen LogP contribution in [0, 0.1) is 13.8 Å². The first-order valence-corrected chi connectivity index (χ1v) is 9.78. The largest absolute Gasteiger partial charge is 0.323 e. The summed E-state index contributed by atoms with van der Waals surface area (Å²) in [5, 5.41) is 16.1. The van der Waals surface area contributed by atoms with Crippen molar-refractivity contribution in [2.24, 2.45) is 0 Å². The van der Waals surface area contributed by atoms with Gasteiger partial charge in [-0.2, -0.15) is 4.98 Å². The molecule has 156 valence electrons. The van der Waals surface area contributed by atoms with Crippen LogP contribution in [0.5, 0.6) is 0 Å². The number of carbonyl (C=O) groups is 1. The molecule has 0 spiro atoms. The number of nitrogens with one attached hydrogen (secondary N) is 4. The van der Waals surface area contributed by atoms with Gasteiger partial charge in [0, 0.05) is 33.3 Å². The topological polar surface area (TPSA) is 121 Å². The quantitative estimate of drug-likeness (QED) is 0.354. The molecule has 0 aliphatic rings. The van der Waals surface area contributed by atoms with Crippen LogP contribution in [0.4, 0.5) is 28.1 Å². The first kappa shape index (κ1) is 20.3. The number of carbonyl (C=O) groups excluding carboxylic acids is 1. The molecule has 2 aromatic heterocycles. The number of halogens is 1. The summed E-state index contributed by atoms with van der Waals surface area (Å²) in [6.07, 6.45) is 0. The van der Waals surface area contributed by atoms with E-state index in [1.54, 1.807) is 36.4 Å². The number of H-pyrrole nitrogens is 1. The van der Waals surface area contributed by atoms with Crippen LogP contribution in [-0.2, 0) is 0 Å². The van der Waals surface area contributed by atoms with Crippen LogP contribution in [0.2, 0.25) is 5.02 Å². The average molecular weight is 435 g/mol. The molecule has 4 N–H and O–H groups in total. The Morgan fingerprint density at radius 3 is 2.03 bits per heavy atom. The molecule has 0 saturated carbocycles. The van der Waals surface area contributed by atoms with E-state index in [1.165, 1.54) is 0 Å². The van der Waals surface area contributed by atoms with Crippen LogP contribution in [0.3, 0.4) is 0 Å². The fraction of sp³-hybridized carbons (Fsp3) is 0.0952. The van der Waals surface area contributed by atoms with Crippen molar-refractivity contribution in [3.63, 3.8) is 0 Å². The molecule has 0 aliphatic heterocycles. The summed E-state index contributed by atoms with van der Waals surface area (Å²) in [4.78, 5) is 25.2. The van der Waals surface area contributed by atoms with Crippen molar-refractivity contribution in [1.29, 1.82) is 0 Å². The maximum Gasteiger partial charge on any atom is 0.323 e. The Hall–Kier alpha value is -3.98. The summed E-state index contributed by atoms with van der Waals surface area (Å²) < 4.78 is 0. The average Bonchev–Trinajstić information content (AvgIpc) is 3.18. The summed E-state index contributed by atoms with van der Waals surface area (Å²) in [6, 6.07) is 15.6. The summed E-state index contributed by atoms with van der Waals surface area (Å²) in [5.41, 5.74) is 3.80. The van der Waals surface area contributed by atoms with Crippen molar-refractivity contribution in [2.75, 3.05) is 16.0 Å². The van der Waals surface area contributed by atoms with Crippen LogP contribution in [0.15, 0.2) is 54.6 Å². The van der Waals surface area contributed by atoms with E-state index in [0.717, 1.165) is 17.0 Å². The Balaban J connectivity index is 1.39. The lowest BCUT2D eigenvalue weighted by molar-refractivity contribution is 0.262. The van der Waals surface area contributed by atoms with Gasteiger partial charge in [-0.15, -0.1) is 5.10 Å². The number of hydrogen-bond acceptors (Lipinski definition) is 6. The highest BCUT2D eigenvalue weighted by molar-refractivity contribution is 6.30. The molecule has 0 fully saturated rings. The molecule has 2 heterocycles. The van der Waals surface area contributed by atoms with Crippen LogP contribution < -0.4 is 16.0 Å². The standard InChI is InChI=1S/C21H19ClN8O/c1-12-11-13(2)24-19(23-12)28-20-27-18(29-30-20)14-3-7-16(8-4-14)25-21(31)26-17-9-5-15(22)6-10-17/h3-11H,1-2H3,(H2,25,26,31)(H2,23,24,27,28,29,30). The number of urea groups is 1. The third-order valence-electron chi connectivity index (χ3n) is 4.21. The molecular weight excluding hydrogens is 416 g/mol. The number of anilines is 4. The van der Waals surface area contributed by atoms with Crippen LogP contribution in [0.25, 0.3) is 11.4 Å². The van der Waals surface area contributed by atoms with Gasteiger partial charge in [0.2, 0.25) is 11.9 Å². The zero-order valence-electron chi connectivity index (χ0n) is 16.8. The predicted octanol–water partition coefficient (Wildman–Crippen LogP) is 4.92. The molecular formula is C21H19ClN8O. The number of amides is 2. The number of nitrogens with zero attached hydrogens (tertiary/aromatic N) is 4. The lowest BCUT2D eigenvalue weighted by Crippen LogP contribution is -2.19. The second-order valence-electron chi connectivity index (χ2n) is 6.77. The van der Waals surface area contributed by atoms with Gasteiger partial charge in [0.1, 0.15) is 0 Å². The molecule has 4 rings (SSSR count). The molecule has 0 saturated heterocycles. The zero-order chi connectivity index (χ0) is 21.8. The van der Waals surface area contributed by atoms with Gasteiger partial charge in [-0.1, -0.05) is 11.6 Å². The third-order valence-corrected chi connectivity index (χ3v) is 4.46. The Morgan fingerprint density at radius 2 is 1.42 bits per heavy atom. The molecule has 0 aliphatic carbocycles. The van der Waals surface area contributed by atoms with Gasteiger partial charge in [0.15, 0.2) is 5.82 Å². The second kappa shape index (κ2) is 8.80. The molecule has 0 atom stereocenters. The molecule has 0 bridgehead atoms. The van der Waals surface area contributed by atoms with E-state index in [4.69, 9.17) is 11.6 Å². The number of aromatic nitrogens is 5. The van der Waals surface area contributed by atoms with Gasteiger partial charge in [-0.3, -0.25) is 10.4 Å². The van der Waals surface area contributed by atoms with Gasteiger partial charge < -0.3 is 10.6 Å². The molecule has 2 aromatic carbocycles. The Kier molecular flexibility index (Phi) is 5.76. The molecule has 0 unspecified atom stereocenters. The van der Waals surface area contributed by atoms with Gasteiger partial charge in [0.05, 0.1) is 0 Å². The van der Waals surface area contributed by atoms with E-state index in [2.05, 4.69) is 41.1 Å². The highest BCUT2D eigenvalue weighted by atomic mass is 35.5. The minimum Gasteiger partial charge on any atom is -0.308 e. The predicted molar refractivity (Wildman–Crippen MR) is 121 cm³/mol. The van der Waals surface area contributed by atoms with E-state index >= 15 is 0 Å². The molecule has 4 aromatic rings. The Labute approximate surface area is 183 Å². The summed E-state index contributed by atoms with van der Waals surface area (Å²) >= 11 is 5.85. The first-order valence-electron chi connectivity index (χ1n) is 9.40. The minimum atomic E-state index is -0.352. The lowest BCUT2D eigenvalue weighted by atomic mass is 10.2.